The Balaban J connectivity index is 1.43. The first-order valence-corrected chi connectivity index (χ1v) is 11.8. The molecule has 0 amide bonds. The number of alkyl halides is 3. The highest BCUT2D eigenvalue weighted by atomic mass is 19.4. The zero-order valence-corrected chi connectivity index (χ0v) is 19.9. The molecule has 182 valence electrons. The minimum absolute atomic E-state index is 0.0182. The van der Waals surface area contributed by atoms with Crippen LogP contribution in [0, 0.1) is 17.4 Å². The Labute approximate surface area is 196 Å². The average Bonchev–Trinajstić information content (AvgIpc) is 2.72. The van der Waals surface area contributed by atoms with Crippen LogP contribution in [0.5, 0.6) is 0 Å². The van der Waals surface area contributed by atoms with E-state index >= 15 is 0 Å². The van der Waals surface area contributed by atoms with Crippen LogP contribution >= 0.6 is 0 Å². The van der Waals surface area contributed by atoms with Gasteiger partial charge in [0.2, 0.25) is 5.52 Å². The molecule has 0 radical (unpaired) electrons. The molecule has 2 bridgehead atoms. The van der Waals surface area contributed by atoms with Crippen molar-refractivity contribution in [3.8, 4) is 0 Å². The molecule has 34 heavy (non-hydrogen) atoms. The standard InChI is InChI=1S/C24H29F3N6O/c1-6-17(22-11-23(12-22,13-22)24(25,26)27)32-9-15(3)33(10-14(32)2)20-19-16(31(5)21(34)30-20)7-8-18(28-4)29-19/h7-8,14-15,17H,6,9-13H2,1-3,5H3/t14-,15+,17?,22?,23?/m1/s1. The molecule has 2 aromatic heterocycles. The van der Waals surface area contributed by atoms with Crippen LogP contribution in [-0.4, -0.2) is 56.8 Å². The van der Waals surface area contributed by atoms with Crippen LogP contribution in [0.15, 0.2) is 16.9 Å². The summed E-state index contributed by atoms with van der Waals surface area (Å²) in [4.78, 5) is 29.2. The van der Waals surface area contributed by atoms with Gasteiger partial charge >= 0.3 is 11.9 Å². The Morgan fingerprint density at radius 3 is 2.44 bits per heavy atom. The van der Waals surface area contributed by atoms with Crippen molar-refractivity contribution in [2.45, 2.75) is 70.8 Å². The normalized spacial score (nSPS) is 32.1. The number of halogens is 3. The van der Waals surface area contributed by atoms with Crippen LogP contribution in [0.2, 0.25) is 0 Å². The molecule has 1 aliphatic heterocycles. The van der Waals surface area contributed by atoms with Crippen LogP contribution in [0.25, 0.3) is 15.9 Å². The first-order valence-electron chi connectivity index (χ1n) is 11.8. The van der Waals surface area contributed by atoms with Gasteiger partial charge in [0.1, 0.15) is 0 Å². The lowest BCUT2D eigenvalue weighted by atomic mass is 9.32. The number of piperazine rings is 1. The van der Waals surface area contributed by atoms with Crippen LogP contribution in [0.3, 0.4) is 0 Å². The summed E-state index contributed by atoms with van der Waals surface area (Å²) >= 11 is 0. The fourth-order valence-electron chi connectivity index (χ4n) is 6.88. The van der Waals surface area contributed by atoms with Gasteiger partial charge in [0.25, 0.3) is 5.82 Å². The predicted octanol–water partition coefficient (Wildman–Crippen LogP) is 4.29. The molecular formula is C24H29F3N6O. The van der Waals surface area contributed by atoms with Gasteiger partial charge in [-0.05, 0) is 57.1 Å². The van der Waals surface area contributed by atoms with Crippen molar-refractivity contribution in [1.82, 2.24) is 19.4 Å². The maximum Gasteiger partial charge on any atom is 0.394 e. The molecule has 1 saturated heterocycles. The highest BCUT2D eigenvalue weighted by Gasteiger charge is 2.80. The van der Waals surface area contributed by atoms with E-state index in [1.165, 1.54) is 4.57 Å². The van der Waals surface area contributed by atoms with Crippen LogP contribution in [0.1, 0.15) is 46.5 Å². The lowest BCUT2D eigenvalue weighted by Crippen LogP contribution is -2.76. The second kappa shape index (κ2) is 7.41. The monoisotopic (exact) mass is 474 g/mol. The molecule has 1 unspecified atom stereocenters. The van der Waals surface area contributed by atoms with E-state index in [-0.39, 0.29) is 54.3 Å². The molecule has 3 atom stereocenters. The molecule has 2 aromatic rings. The number of anilines is 1. The summed E-state index contributed by atoms with van der Waals surface area (Å²) in [5.74, 6) is 0.707. The first kappa shape index (κ1) is 23.1. The molecule has 4 fully saturated rings. The fraction of sp³-hybridized carbons (Fsp3) is 0.667. The first-order chi connectivity index (χ1) is 15.9. The lowest BCUT2D eigenvalue weighted by molar-refractivity contribution is -0.376. The third-order valence-electron chi connectivity index (χ3n) is 8.51. The quantitative estimate of drug-likeness (QED) is 0.619. The summed E-state index contributed by atoms with van der Waals surface area (Å²) in [5.41, 5.74) is -0.944. The van der Waals surface area contributed by atoms with E-state index in [2.05, 4.69) is 45.4 Å². The number of aryl methyl sites for hydroxylation is 1. The molecule has 0 aromatic carbocycles. The molecule has 3 heterocycles. The van der Waals surface area contributed by atoms with E-state index in [9.17, 15) is 18.0 Å². The van der Waals surface area contributed by atoms with Gasteiger partial charge in [-0.1, -0.05) is 13.5 Å². The summed E-state index contributed by atoms with van der Waals surface area (Å²) in [5, 5.41) is 0. The van der Waals surface area contributed by atoms with Crippen molar-refractivity contribution in [2.75, 3.05) is 18.0 Å². The predicted molar refractivity (Wildman–Crippen MR) is 123 cm³/mol. The number of rotatable bonds is 4. The third kappa shape index (κ3) is 3.09. The van der Waals surface area contributed by atoms with Crippen LogP contribution in [-0.2, 0) is 7.05 Å². The zero-order valence-electron chi connectivity index (χ0n) is 19.9. The number of pyridine rings is 1. The summed E-state index contributed by atoms with van der Waals surface area (Å²) in [6.07, 6.45) is -2.56. The molecule has 0 N–H and O–H groups in total. The Morgan fingerprint density at radius 1 is 1.18 bits per heavy atom. The number of hydrogen-bond acceptors (Lipinski definition) is 5. The largest absolute Gasteiger partial charge is 0.394 e. The molecule has 4 aliphatic rings. The van der Waals surface area contributed by atoms with Gasteiger partial charge < -0.3 is 9.74 Å². The van der Waals surface area contributed by atoms with Crippen LogP contribution < -0.4 is 10.6 Å². The zero-order chi connectivity index (χ0) is 24.6. The van der Waals surface area contributed by atoms with E-state index in [4.69, 9.17) is 6.57 Å². The van der Waals surface area contributed by atoms with Crippen molar-refractivity contribution < 1.29 is 13.2 Å². The Hall–Kier alpha value is -2.67. The Kier molecular flexibility index (Phi) is 5.03. The Bertz CT molecular complexity index is 1230. The summed E-state index contributed by atoms with van der Waals surface area (Å²) < 4.78 is 41.8. The summed E-state index contributed by atoms with van der Waals surface area (Å²) in [7, 11) is 1.63. The van der Waals surface area contributed by atoms with Gasteiger partial charge in [0, 0.05) is 38.3 Å². The molecule has 10 heteroatoms. The van der Waals surface area contributed by atoms with Gasteiger partial charge in [-0.15, -0.1) is 4.98 Å². The van der Waals surface area contributed by atoms with Gasteiger partial charge in [0.05, 0.1) is 10.9 Å². The second-order valence-electron chi connectivity index (χ2n) is 10.6. The molecule has 0 spiro atoms. The average molecular weight is 475 g/mol. The van der Waals surface area contributed by atoms with Gasteiger partial charge in [-0.2, -0.15) is 18.2 Å². The minimum Gasteiger partial charge on any atom is -0.361 e. The van der Waals surface area contributed by atoms with E-state index in [1.807, 2.05) is 0 Å². The van der Waals surface area contributed by atoms with E-state index < -0.39 is 11.6 Å². The molecule has 3 aliphatic carbocycles. The van der Waals surface area contributed by atoms with Gasteiger partial charge in [-0.25, -0.2) is 4.79 Å². The number of fused-ring (bicyclic) bond motifs is 1. The fourth-order valence-corrected chi connectivity index (χ4v) is 6.88. The van der Waals surface area contributed by atoms with E-state index in [0.717, 1.165) is 6.42 Å². The molecular weight excluding hydrogens is 445 g/mol. The number of hydrogen-bond donors (Lipinski definition) is 0. The Morgan fingerprint density at radius 2 is 1.85 bits per heavy atom. The topological polar surface area (TPSA) is 58.6 Å². The maximum absolute atomic E-state index is 13.4. The number of nitrogens with zero attached hydrogens (tertiary/aromatic N) is 6. The molecule has 3 saturated carbocycles. The highest BCUT2D eigenvalue weighted by molar-refractivity contribution is 5.87. The third-order valence-corrected chi connectivity index (χ3v) is 8.51. The van der Waals surface area contributed by atoms with Gasteiger partial charge in [-0.3, -0.25) is 9.47 Å². The minimum atomic E-state index is -4.10. The van der Waals surface area contributed by atoms with Crippen LogP contribution in [0.4, 0.5) is 24.8 Å². The smallest absolute Gasteiger partial charge is 0.361 e. The maximum atomic E-state index is 13.4. The van der Waals surface area contributed by atoms with E-state index in [0.29, 0.717) is 29.9 Å². The SMILES string of the molecule is [C-]#[N+]c1ccc2c(n1)c(N1C[C@@H](C)N(C(CC)C34CC(C(F)(F)F)(C3)C4)C[C@@H]1C)nc(=O)n2C. The van der Waals surface area contributed by atoms with Gasteiger partial charge in [0.15, 0.2) is 5.82 Å². The highest BCUT2D eigenvalue weighted by Crippen LogP contribution is 2.80. The van der Waals surface area contributed by atoms with Crippen molar-refractivity contribution in [2.24, 2.45) is 17.9 Å². The van der Waals surface area contributed by atoms with Crippen molar-refractivity contribution in [1.29, 1.82) is 0 Å². The van der Waals surface area contributed by atoms with Crippen molar-refractivity contribution >= 4 is 22.7 Å². The lowest BCUT2D eigenvalue weighted by Gasteiger charge is -2.74. The van der Waals surface area contributed by atoms with Crippen molar-refractivity contribution in [3.05, 3.63) is 34.0 Å². The summed E-state index contributed by atoms with van der Waals surface area (Å²) in [6, 6.07) is 3.47. The van der Waals surface area contributed by atoms with Crippen molar-refractivity contribution in [3.63, 3.8) is 0 Å². The molecule has 6 rings (SSSR count). The van der Waals surface area contributed by atoms with E-state index in [1.54, 1.807) is 19.2 Å². The summed E-state index contributed by atoms with van der Waals surface area (Å²) in [6.45, 7) is 14.8. The molecule has 7 nitrogen and oxygen atoms in total. The second-order valence-corrected chi connectivity index (χ2v) is 10.6. The number of aromatic nitrogens is 3.